The smallest absolute Gasteiger partial charge is 0.250 e. The fraction of sp³-hybridized carbons (Fsp3) is 0.286. The predicted molar refractivity (Wildman–Crippen MR) is 111 cm³/mol. The molecule has 3 aromatic rings. The lowest BCUT2D eigenvalue weighted by atomic mass is 10.1. The van der Waals surface area contributed by atoms with Crippen LogP contribution in [0.4, 0.5) is 5.95 Å². The zero-order valence-corrected chi connectivity index (χ0v) is 16.5. The number of hydrogen-bond donors (Lipinski definition) is 1. The number of rotatable bonds is 6. The minimum atomic E-state index is -0.157. The van der Waals surface area contributed by atoms with Crippen LogP contribution in [-0.4, -0.2) is 69.6 Å². The number of nitrogens with zero attached hydrogens (tertiary/aromatic N) is 6. The Morgan fingerprint density at radius 2 is 1.57 bits per heavy atom. The summed E-state index contributed by atoms with van der Waals surface area (Å²) in [5.74, 6) is 0.415. The van der Waals surface area contributed by atoms with Crippen molar-refractivity contribution in [1.82, 2.24) is 30.4 Å². The molecule has 0 saturated carbocycles. The molecule has 1 saturated heterocycles. The van der Waals surface area contributed by atoms with Crippen molar-refractivity contribution < 1.29 is 9.59 Å². The van der Waals surface area contributed by atoms with Gasteiger partial charge in [0.25, 0.3) is 0 Å². The third kappa shape index (κ3) is 4.62. The fourth-order valence-corrected chi connectivity index (χ4v) is 3.40. The van der Waals surface area contributed by atoms with Crippen molar-refractivity contribution in [3.05, 3.63) is 66.2 Å². The Morgan fingerprint density at radius 3 is 2.27 bits per heavy atom. The van der Waals surface area contributed by atoms with Gasteiger partial charge in [0.05, 0.1) is 18.7 Å². The second-order valence-corrected chi connectivity index (χ2v) is 7.03. The van der Waals surface area contributed by atoms with Crippen LogP contribution in [0.3, 0.4) is 0 Å². The molecule has 154 valence electrons. The Kier molecular flexibility index (Phi) is 5.98. The Bertz CT molecular complexity index is 983. The van der Waals surface area contributed by atoms with Gasteiger partial charge >= 0.3 is 0 Å². The number of hydrogen-bond acceptors (Lipinski definition) is 6. The summed E-state index contributed by atoms with van der Waals surface area (Å²) in [5, 5.41) is 14.8. The second-order valence-electron chi connectivity index (χ2n) is 7.03. The topological polar surface area (TPSA) is 96.2 Å². The molecule has 1 fully saturated rings. The number of amides is 2. The Labute approximate surface area is 174 Å². The van der Waals surface area contributed by atoms with Gasteiger partial charge in [-0.3, -0.25) is 9.59 Å². The molecule has 0 spiro atoms. The van der Waals surface area contributed by atoms with Crippen molar-refractivity contribution in [2.75, 3.05) is 37.6 Å². The molecule has 9 nitrogen and oxygen atoms in total. The number of carbonyl (C=O) groups excluding carboxylic acids is 2. The summed E-state index contributed by atoms with van der Waals surface area (Å²) >= 11 is 0. The van der Waals surface area contributed by atoms with Crippen molar-refractivity contribution in [2.24, 2.45) is 0 Å². The van der Waals surface area contributed by atoms with E-state index in [1.54, 1.807) is 9.58 Å². The van der Waals surface area contributed by atoms with Crippen LogP contribution in [-0.2, 0) is 16.0 Å². The lowest BCUT2D eigenvalue weighted by molar-refractivity contribution is -0.133. The molecule has 0 atom stereocenters. The van der Waals surface area contributed by atoms with E-state index in [0.29, 0.717) is 32.1 Å². The molecule has 0 aliphatic carbocycles. The summed E-state index contributed by atoms with van der Waals surface area (Å²) in [4.78, 5) is 28.4. The van der Waals surface area contributed by atoms with Gasteiger partial charge in [0.1, 0.15) is 0 Å². The monoisotopic (exact) mass is 405 g/mol. The molecular weight excluding hydrogens is 382 g/mol. The van der Waals surface area contributed by atoms with Crippen LogP contribution < -0.4 is 10.2 Å². The maximum atomic E-state index is 12.5. The molecule has 2 heterocycles. The number of carbonyl (C=O) groups is 2. The average Bonchev–Trinajstić information content (AvgIpc) is 3.29. The van der Waals surface area contributed by atoms with Gasteiger partial charge in [-0.1, -0.05) is 53.6 Å². The SMILES string of the molecule is O=C(Cc1ccccc1)NCC(=O)N1CCN(c2nnnn2-c2ccccc2)CC1. The highest BCUT2D eigenvalue weighted by molar-refractivity contribution is 5.85. The minimum absolute atomic E-state index is 0.00736. The molecule has 0 unspecified atom stereocenters. The summed E-state index contributed by atoms with van der Waals surface area (Å²) in [6.07, 6.45) is 0.268. The molecular formula is C21H23N7O2. The lowest BCUT2D eigenvalue weighted by Gasteiger charge is -2.34. The zero-order chi connectivity index (χ0) is 20.8. The first kappa shape index (κ1) is 19.6. The molecule has 0 radical (unpaired) electrons. The van der Waals surface area contributed by atoms with Crippen LogP contribution in [0.15, 0.2) is 60.7 Å². The minimum Gasteiger partial charge on any atom is -0.347 e. The van der Waals surface area contributed by atoms with Crippen molar-refractivity contribution >= 4 is 17.8 Å². The second kappa shape index (κ2) is 9.17. The molecule has 2 amide bonds. The van der Waals surface area contributed by atoms with Crippen LogP contribution in [0.2, 0.25) is 0 Å². The van der Waals surface area contributed by atoms with Crippen molar-refractivity contribution in [3.63, 3.8) is 0 Å². The van der Waals surface area contributed by atoms with Crippen LogP contribution in [0, 0.1) is 0 Å². The molecule has 30 heavy (non-hydrogen) atoms. The maximum Gasteiger partial charge on any atom is 0.250 e. The summed E-state index contributed by atoms with van der Waals surface area (Å²) in [6.45, 7) is 2.35. The van der Waals surface area contributed by atoms with Crippen LogP contribution in [0.25, 0.3) is 5.69 Å². The van der Waals surface area contributed by atoms with Gasteiger partial charge in [-0.05, 0) is 28.1 Å². The Balaban J connectivity index is 1.27. The van der Waals surface area contributed by atoms with Crippen LogP contribution in [0.5, 0.6) is 0 Å². The van der Waals surface area contributed by atoms with Gasteiger partial charge in [-0.2, -0.15) is 4.68 Å². The van der Waals surface area contributed by atoms with Crippen molar-refractivity contribution in [2.45, 2.75) is 6.42 Å². The van der Waals surface area contributed by atoms with E-state index in [1.165, 1.54) is 0 Å². The van der Waals surface area contributed by atoms with Gasteiger partial charge in [0, 0.05) is 26.2 Å². The number of benzene rings is 2. The van der Waals surface area contributed by atoms with E-state index >= 15 is 0 Å². The standard InChI is InChI=1S/C21H23N7O2/c29-19(15-17-7-3-1-4-8-17)22-16-20(30)26-11-13-27(14-12-26)21-23-24-25-28(21)18-9-5-2-6-10-18/h1-10H,11-16H2,(H,22,29). The Morgan fingerprint density at radius 1 is 0.900 bits per heavy atom. The maximum absolute atomic E-state index is 12.5. The first-order valence-corrected chi connectivity index (χ1v) is 9.88. The van der Waals surface area contributed by atoms with Crippen molar-refractivity contribution in [3.8, 4) is 5.69 Å². The van der Waals surface area contributed by atoms with Crippen LogP contribution >= 0.6 is 0 Å². The van der Waals surface area contributed by atoms with Crippen LogP contribution in [0.1, 0.15) is 5.56 Å². The number of tetrazole rings is 1. The molecule has 1 aromatic heterocycles. The predicted octanol–water partition coefficient (Wildman–Crippen LogP) is 0.670. The zero-order valence-electron chi connectivity index (χ0n) is 16.5. The van der Waals surface area contributed by atoms with Gasteiger partial charge in [-0.15, -0.1) is 0 Å². The summed E-state index contributed by atoms with van der Waals surface area (Å²) in [6, 6.07) is 19.2. The quantitative estimate of drug-likeness (QED) is 0.648. The first-order valence-electron chi connectivity index (χ1n) is 9.88. The highest BCUT2D eigenvalue weighted by Gasteiger charge is 2.25. The Hall–Kier alpha value is -3.75. The number of aromatic nitrogens is 4. The first-order chi connectivity index (χ1) is 14.7. The molecule has 0 bridgehead atoms. The molecule has 2 aromatic carbocycles. The van der Waals surface area contributed by atoms with Gasteiger partial charge in [0.15, 0.2) is 0 Å². The molecule has 9 heteroatoms. The highest BCUT2D eigenvalue weighted by atomic mass is 16.2. The summed E-state index contributed by atoms with van der Waals surface area (Å²) in [7, 11) is 0. The molecule has 4 rings (SSSR count). The van der Waals surface area contributed by atoms with E-state index in [1.807, 2.05) is 60.7 Å². The normalized spacial score (nSPS) is 13.9. The molecule has 1 aliphatic heterocycles. The third-order valence-corrected chi connectivity index (χ3v) is 5.01. The lowest BCUT2D eigenvalue weighted by Crippen LogP contribution is -2.51. The summed E-state index contributed by atoms with van der Waals surface area (Å²) < 4.78 is 1.70. The average molecular weight is 405 g/mol. The number of para-hydroxylation sites is 1. The number of anilines is 1. The van der Waals surface area contributed by atoms with E-state index in [2.05, 4.69) is 25.7 Å². The van der Waals surface area contributed by atoms with Gasteiger partial charge in [-0.25, -0.2) is 0 Å². The third-order valence-electron chi connectivity index (χ3n) is 5.01. The van der Waals surface area contributed by atoms with Gasteiger partial charge < -0.3 is 15.1 Å². The molecule has 1 N–H and O–H groups in total. The van der Waals surface area contributed by atoms with Gasteiger partial charge in [0.2, 0.25) is 17.8 Å². The number of nitrogens with one attached hydrogen (secondary N) is 1. The summed E-state index contributed by atoms with van der Waals surface area (Å²) in [5.41, 5.74) is 1.81. The van der Waals surface area contributed by atoms with E-state index in [0.717, 1.165) is 11.3 Å². The van der Waals surface area contributed by atoms with E-state index in [4.69, 9.17) is 0 Å². The van der Waals surface area contributed by atoms with E-state index in [9.17, 15) is 9.59 Å². The number of piperazine rings is 1. The largest absolute Gasteiger partial charge is 0.347 e. The van der Waals surface area contributed by atoms with E-state index < -0.39 is 0 Å². The fourth-order valence-electron chi connectivity index (χ4n) is 3.40. The highest BCUT2D eigenvalue weighted by Crippen LogP contribution is 2.17. The van der Waals surface area contributed by atoms with E-state index in [-0.39, 0.29) is 24.8 Å². The molecule has 1 aliphatic rings. The van der Waals surface area contributed by atoms with Crippen molar-refractivity contribution in [1.29, 1.82) is 0 Å².